The summed E-state index contributed by atoms with van der Waals surface area (Å²) in [7, 11) is 0. The van der Waals surface area contributed by atoms with Crippen molar-refractivity contribution in [2.24, 2.45) is 0 Å². The van der Waals surface area contributed by atoms with Gasteiger partial charge in [0.2, 0.25) is 0 Å². The van der Waals surface area contributed by atoms with Crippen molar-refractivity contribution < 1.29 is 4.39 Å². The van der Waals surface area contributed by atoms with Gasteiger partial charge in [-0.15, -0.1) is 11.3 Å². The molecule has 3 heterocycles. The van der Waals surface area contributed by atoms with Gasteiger partial charge in [-0.3, -0.25) is 9.97 Å². The van der Waals surface area contributed by atoms with E-state index in [4.69, 9.17) is 0 Å². The quantitative estimate of drug-likeness (QED) is 0.797. The van der Waals surface area contributed by atoms with Gasteiger partial charge in [-0.25, -0.2) is 4.39 Å². The lowest BCUT2D eigenvalue weighted by Crippen LogP contribution is -2.23. The third-order valence-corrected chi connectivity index (χ3v) is 4.03. The Morgan fingerprint density at radius 3 is 3.05 bits per heavy atom. The first-order chi connectivity index (χ1) is 9.79. The highest BCUT2D eigenvalue weighted by molar-refractivity contribution is 7.17. The summed E-state index contributed by atoms with van der Waals surface area (Å²) >= 11 is 1.64. The largest absolute Gasteiger partial charge is 0.306 e. The lowest BCUT2D eigenvalue weighted by Gasteiger charge is -2.19. The maximum atomic E-state index is 14.0. The standard InChI is InChI=1S/C15H14FN3S/c1-2-18-15(11-3-5-17-9-12(11)16)10-7-14-13(19-8-10)4-6-20-14/h3-9,15,18H,2H2,1H3. The average Bonchev–Trinajstić information content (AvgIpc) is 2.93. The Labute approximate surface area is 120 Å². The number of pyridine rings is 2. The van der Waals surface area contributed by atoms with Crippen LogP contribution in [0.3, 0.4) is 0 Å². The van der Waals surface area contributed by atoms with Crippen molar-refractivity contribution in [1.29, 1.82) is 0 Å². The molecule has 0 aliphatic carbocycles. The van der Waals surface area contributed by atoms with Crippen molar-refractivity contribution in [3.63, 3.8) is 0 Å². The van der Waals surface area contributed by atoms with Gasteiger partial charge in [-0.1, -0.05) is 6.92 Å². The van der Waals surface area contributed by atoms with Crippen LogP contribution in [-0.2, 0) is 0 Å². The molecule has 0 saturated carbocycles. The second-order valence-electron chi connectivity index (χ2n) is 4.46. The molecule has 0 radical (unpaired) electrons. The molecule has 102 valence electrons. The molecule has 3 aromatic heterocycles. The van der Waals surface area contributed by atoms with Crippen molar-refractivity contribution in [2.75, 3.05) is 6.54 Å². The Morgan fingerprint density at radius 1 is 1.35 bits per heavy atom. The molecule has 0 amide bonds. The van der Waals surface area contributed by atoms with E-state index in [1.807, 2.05) is 24.6 Å². The number of halogens is 1. The van der Waals surface area contributed by atoms with Crippen LogP contribution in [0.4, 0.5) is 4.39 Å². The van der Waals surface area contributed by atoms with Gasteiger partial charge < -0.3 is 5.32 Å². The Balaban J connectivity index is 2.07. The summed E-state index contributed by atoms with van der Waals surface area (Å²) in [5.41, 5.74) is 2.54. The highest BCUT2D eigenvalue weighted by atomic mass is 32.1. The van der Waals surface area contributed by atoms with Gasteiger partial charge in [0.05, 0.1) is 22.5 Å². The SMILES string of the molecule is CCNC(c1cnc2ccsc2c1)c1ccncc1F. The smallest absolute Gasteiger partial charge is 0.146 e. The number of nitrogens with zero attached hydrogens (tertiary/aromatic N) is 2. The van der Waals surface area contributed by atoms with Crippen LogP contribution in [0.5, 0.6) is 0 Å². The summed E-state index contributed by atoms with van der Waals surface area (Å²) in [6, 6.07) is 5.56. The van der Waals surface area contributed by atoms with E-state index in [2.05, 4.69) is 21.4 Å². The van der Waals surface area contributed by atoms with E-state index in [1.165, 1.54) is 6.20 Å². The second kappa shape index (κ2) is 5.64. The van der Waals surface area contributed by atoms with Gasteiger partial charge in [0, 0.05) is 18.0 Å². The first kappa shape index (κ1) is 13.1. The Bertz CT molecular complexity index is 726. The van der Waals surface area contributed by atoms with Crippen molar-refractivity contribution in [3.8, 4) is 0 Å². The number of thiophene rings is 1. The van der Waals surface area contributed by atoms with Crippen LogP contribution in [0, 0.1) is 5.82 Å². The van der Waals surface area contributed by atoms with Crippen molar-refractivity contribution in [2.45, 2.75) is 13.0 Å². The minimum atomic E-state index is -0.301. The molecule has 0 aliphatic heterocycles. The molecule has 5 heteroatoms. The zero-order valence-electron chi connectivity index (χ0n) is 11.0. The van der Waals surface area contributed by atoms with Gasteiger partial charge in [0.15, 0.2) is 0 Å². The Morgan fingerprint density at radius 2 is 2.25 bits per heavy atom. The number of rotatable bonds is 4. The highest BCUT2D eigenvalue weighted by Gasteiger charge is 2.17. The third kappa shape index (κ3) is 2.42. The van der Waals surface area contributed by atoms with Crippen molar-refractivity contribution >= 4 is 21.6 Å². The molecule has 3 rings (SSSR count). The van der Waals surface area contributed by atoms with Crippen LogP contribution >= 0.6 is 11.3 Å². The fourth-order valence-corrected chi connectivity index (χ4v) is 3.04. The summed E-state index contributed by atoms with van der Waals surface area (Å²) in [5.74, 6) is -0.301. The zero-order valence-corrected chi connectivity index (χ0v) is 11.8. The molecule has 1 unspecified atom stereocenters. The summed E-state index contributed by atoms with van der Waals surface area (Å²) in [4.78, 5) is 8.24. The maximum Gasteiger partial charge on any atom is 0.146 e. The zero-order chi connectivity index (χ0) is 13.9. The van der Waals surface area contributed by atoms with Gasteiger partial charge in [-0.05, 0) is 35.7 Å². The number of hydrogen-bond acceptors (Lipinski definition) is 4. The third-order valence-electron chi connectivity index (χ3n) is 3.18. The van der Waals surface area contributed by atoms with Crippen molar-refractivity contribution in [3.05, 3.63) is 59.1 Å². The Kier molecular flexibility index (Phi) is 3.71. The summed E-state index contributed by atoms with van der Waals surface area (Å²) in [5, 5.41) is 5.32. The van der Waals surface area contributed by atoms with E-state index in [-0.39, 0.29) is 11.9 Å². The number of fused-ring (bicyclic) bond motifs is 1. The fraction of sp³-hybridized carbons (Fsp3) is 0.200. The molecule has 1 N–H and O–H groups in total. The summed E-state index contributed by atoms with van der Waals surface area (Å²) in [6.07, 6.45) is 4.67. The molecular weight excluding hydrogens is 273 g/mol. The molecular formula is C15H14FN3S. The lowest BCUT2D eigenvalue weighted by molar-refractivity contribution is 0.554. The van der Waals surface area contributed by atoms with Crippen LogP contribution < -0.4 is 5.32 Å². The summed E-state index contributed by atoms with van der Waals surface area (Å²) < 4.78 is 15.1. The fourth-order valence-electron chi connectivity index (χ4n) is 2.25. The lowest BCUT2D eigenvalue weighted by atomic mass is 10.0. The van der Waals surface area contributed by atoms with E-state index in [9.17, 15) is 4.39 Å². The van der Waals surface area contributed by atoms with E-state index < -0.39 is 0 Å². The van der Waals surface area contributed by atoms with Gasteiger partial charge in [-0.2, -0.15) is 0 Å². The molecule has 0 aromatic carbocycles. The van der Waals surface area contributed by atoms with E-state index in [1.54, 1.807) is 23.6 Å². The monoisotopic (exact) mass is 287 g/mol. The van der Waals surface area contributed by atoms with E-state index >= 15 is 0 Å². The van der Waals surface area contributed by atoms with E-state index in [0.29, 0.717) is 5.56 Å². The molecule has 0 aliphatic rings. The molecule has 3 aromatic rings. The topological polar surface area (TPSA) is 37.8 Å². The first-order valence-corrected chi connectivity index (χ1v) is 7.33. The predicted octanol–water partition coefficient (Wildman–Crippen LogP) is 3.53. The predicted molar refractivity (Wildman–Crippen MR) is 79.3 cm³/mol. The molecule has 20 heavy (non-hydrogen) atoms. The first-order valence-electron chi connectivity index (χ1n) is 6.45. The summed E-state index contributed by atoms with van der Waals surface area (Å²) in [6.45, 7) is 2.75. The second-order valence-corrected chi connectivity index (χ2v) is 5.41. The molecule has 0 bridgehead atoms. The molecule has 0 saturated heterocycles. The maximum absolute atomic E-state index is 14.0. The van der Waals surface area contributed by atoms with E-state index in [0.717, 1.165) is 22.3 Å². The number of nitrogens with one attached hydrogen (secondary N) is 1. The minimum absolute atomic E-state index is 0.206. The van der Waals surface area contributed by atoms with Crippen LogP contribution in [-0.4, -0.2) is 16.5 Å². The number of hydrogen-bond donors (Lipinski definition) is 1. The Hall–Kier alpha value is -1.85. The van der Waals surface area contributed by atoms with Crippen LogP contribution in [0.15, 0.2) is 42.2 Å². The van der Waals surface area contributed by atoms with Crippen molar-refractivity contribution in [1.82, 2.24) is 15.3 Å². The molecule has 0 spiro atoms. The normalized spacial score (nSPS) is 12.7. The average molecular weight is 287 g/mol. The molecule has 1 atom stereocenters. The molecule has 3 nitrogen and oxygen atoms in total. The van der Waals surface area contributed by atoms with Crippen LogP contribution in [0.1, 0.15) is 24.1 Å². The van der Waals surface area contributed by atoms with Gasteiger partial charge in [0.25, 0.3) is 0 Å². The minimum Gasteiger partial charge on any atom is -0.306 e. The number of aromatic nitrogens is 2. The van der Waals surface area contributed by atoms with Crippen LogP contribution in [0.2, 0.25) is 0 Å². The highest BCUT2D eigenvalue weighted by Crippen LogP contribution is 2.27. The van der Waals surface area contributed by atoms with Gasteiger partial charge in [0.1, 0.15) is 5.82 Å². The van der Waals surface area contributed by atoms with Crippen LogP contribution in [0.25, 0.3) is 10.2 Å². The molecule has 0 fully saturated rings. The van der Waals surface area contributed by atoms with Gasteiger partial charge >= 0.3 is 0 Å².